The van der Waals surface area contributed by atoms with Crippen LogP contribution in [-0.2, 0) is 12.6 Å². The molecule has 0 spiro atoms. The lowest BCUT2D eigenvalue weighted by atomic mass is 10.1. The number of H-pyrrole nitrogens is 1. The molecule has 0 unspecified atom stereocenters. The van der Waals surface area contributed by atoms with Gasteiger partial charge in [0.25, 0.3) is 0 Å². The molecular weight excluding hydrogens is 347 g/mol. The van der Waals surface area contributed by atoms with Gasteiger partial charge in [-0.05, 0) is 36.6 Å². The summed E-state index contributed by atoms with van der Waals surface area (Å²) in [6.45, 7) is 0.0473. The molecule has 1 aromatic heterocycles. The zero-order valence-electron chi connectivity index (χ0n) is 13.6. The molecular formula is C19H16F3NO3. The Kier molecular flexibility index (Phi) is 4.88. The van der Waals surface area contributed by atoms with Gasteiger partial charge in [-0.15, -0.1) is 0 Å². The summed E-state index contributed by atoms with van der Waals surface area (Å²) >= 11 is 0. The molecule has 2 N–H and O–H groups in total. The highest BCUT2D eigenvalue weighted by Gasteiger charge is 2.33. The van der Waals surface area contributed by atoms with Crippen molar-refractivity contribution in [1.29, 1.82) is 0 Å². The standard InChI is InChI=1S/C19H16F3NO3/c20-19(21,22)14-8-2-4-10-16(14)26-11-5-7-13-12-6-1-3-9-15(12)23-17(13)18(24)25/h1-4,6,8-10,23H,5,7,11H2,(H,24,25). The van der Waals surface area contributed by atoms with E-state index in [1.165, 1.54) is 18.2 Å². The predicted octanol–water partition coefficient (Wildman–Crippen LogP) is 4.90. The van der Waals surface area contributed by atoms with Crippen molar-refractivity contribution >= 4 is 16.9 Å². The van der Waals surface area contributed by atoms with Crippen molar-refractivity contribution < 1.29 is 27.8 Å². The third kappa shape index (κ3) is 3.66. The van der Waals surface area contributed by atoms with E-state index >= 15 is 0 Å². The molecule has 2 aromatic carbocycles. The van der Waals surface area contributed by atoms with Gasteiger partial charge in [0.2, 0.25) is 0 Å². The molecule has 0 aliphatic heterocycles. The number of alkyl halides is 3. The number of carboxylic acids is 1. The molecule has 136 valence electrons. The summed E-state index contributed by atoms with van der Waals surface area (Å²) in [5.74, 6) is -1.29. The van der Waals surface area contributed by atoms with Crippen LogP contribution in [0, 0.1) is 0 Å². The van der Waals surface area contributed by atoms with Gasteiger partial charge >= 0.3 is 12.1 Å². The number of nitrogens with one attached hydrogen (secondary N) is 1. The quantitative estimate of drug-likeness (QED) is 0.613. The highest BCUT2D eigenvalue weighted by atomic mass is 19.4. The van der Waals surface area contributed by atoms with Gasteiger partial charge < -0.3 is 14.8 Å². The van der Waals surface area contributed by atoms with Gasteiger partial charge in [0.1, 0.15) is 11.4 Å². The maximum Gasteiger partial charge on any atom is 0.419 e. The lowest BCUT2D eigenvalue weighted by Crippen LogP contribution is -2.10. The number of aromatic carboxylic acids is 1. The molecule has 0 saturated heterocycles. The van der Waals surface area contributed by atoms with Gasteiger partial charge in [0, 0.05) is 10.9 Å². The molecule has 1 heterocycles. The topological polar surface area (TPSA) is 62.3 Å². The third-order valence-corrected chi connectivity index (χ3v) is 4.05. The summed E-state index contributed by atoms with van der Waals surface area (Å²) in [6, 6.07) is 12.2. The summed E-state index contributed by atoms with van der Waals surface area (Å²) in [4.78, 5) is 14.3. The van der Waals surface area contributed by atoms with E-state index in [-0.39, 0.29) is 18.1 Å². The second-order valence-corrected chi connectivity index (χ2v) is 5.78. The number of halogens is 3. The number of para-hydroxylation sites is 2. The second kappa shape index (κ2) is 7.11. The van der Waals surface area contributed by atoms with E-state index in [1.54, 1.807) is 18.2 Å². The average molecular weight is 363 g/mol. The van der Waals surface area contributed by atoms with E-state index in [0.29, 0.717) is 23.9 Å². The highest BCUT2D eigenvalue weighted by Crippen LogP contribution is 2.36. The van der Waals surface area contributed by atoms with E-state index in [9.17, 15) is 23.1 Å². The van der Waals surface area contributed by atoms with Crippen LogP contribution in [0.25, 0.3) is 10.9 Å². The van der Waals surface area contributed by atoms with Crippen molar-refractivity contribution in [3.05, 3.63) is 65.4 Å². The van der Waals surface area contributed by atoms with Crippen LogP contribution < -0.4 is 4.74 Å². The largest absolute Gasteiger partial charge is 0.493 e. The van der Waals surface area contributed by atoms with Crippen LogP contribution in [0.15, 0.2) is 48.5 Å². The van der Waals surface area contributed by atoms with Crippen molar-refractivity contribution in [2.45, 2.75) is 19.0 Å². The minimum absolute atomic E-state index is 0.0473. The van der Waals surface area contributed by atoms with Crippen molar-refractivity contribution in [2.75, 3.05) is 6.61 Å². The number of rotatable bonds is 6. The van der Waals surface area contributed by atoms with Gasteiger partial charge in [-0.1, -0.05) is 30.3 Å². The van der Waals surface area contributed by atoms with Crippen LogP contribution in [0.3, 0.4) is 0 Å². The van der Waals surface area contributed by atoms with E-state index in [4.69, 9.17) is 4.74 Å². The minimum Gasteiger partial charge on any atom is -0.493 e. The molecule has 0 amide bonds. The van der Waals surface area contributed by atoms with E-state index in [0.717, 1.165) is 11.5 Å². The first-order valence-electron chi connectivity index (χ1n) is 8.00. The number of aromatic amines is 1. The molecule has 0 aliphatic rings. The zero-order chi connectivity index (χ0) is 18.7. The maximum atomic E-state index is 12.9. The first-order chi connectivity index (χ1) is 12.4. The Balaban J connectivity index is 1.71. The number of hydrogen-bond donors (Lipinski definition) is 2. The molecule has 3 aromatic rings. The molecule has 3 rings (SSSR count). The number of aryl methyl sites for hydroxylation is 1. The van der Waals surface area contributed by atoms with Crippen LogP contribution in [0.2, 0.25) is 0 Å². The van der Waals surface area contributed by atoms with Crippen LogP contribution in [0.1, 0.15) is 28.0 Å². The van der Waals surface area contributed by atoms with Crippen LogP contribution in [0.4, 0.5) is 13.2 Å². The SMILES string of the molecule is O=C(O)c1[nH]c2ccccc2c1CCCOc1ccccc1C(F)(F)F. The number of carbonyl (C=O) groups is 1. The summed E-state index contributed by atoms with van der Waals surface area (Å²) in [7, 11) is 0. The molecule has 0 aliphatic carbocycles. The highest BCUT2D eigenvalue weighted by molar-refractivity contribution is 5.97. The van der Waals surface area contributed by atoms with Gasteiger partial charge in [0.15, 0.2) is 0 Å². The number of benzene rings is 2. The summed E-state index contributed by atoms with van der Waals surface area (Å²) in [5, 5.41) is 10.1. The number of fused-ring (bicyclic) bond motifs is 1. The zero-order valence-corrected chi connectivity index (χ0v) is 13.6. The number of hydrogen-bond acceptors (Lipinski definition) is 2. The number of aromatic nitrogens is 1. The molecule has 0 radical (unpaired) electrons. The van der Waals surface area contributed by atoms with Crippen LogP contribution >= 0.6 is 0 Å². The number of ether oxygens (including phenoxy) is 1. The molecule has 0 atom stereocenters. The molecule has 0 bridgehead atoms. The van der Waals surface area contributed by atoms with Crippen LogP contribution in [-0.4, -0.2) is 22.7 Å². The predicted molar refractivity (Wildman–Crippen MR) is 90.5 cm³/mol. The van der Waals surface area contributed by atoms with Crippen LogP contribution in [0.5, 0.6) is 5.75 Å². The lowest BCUT2D eigenvalue weighted by Gasteiger charge is -2.13. The fourth-order valence-corrected chi connectivity index (χ4v) is 2.90. The fraction of sp³-hybridized carbons (Fsp3) is 0.211. The average Bonchev–Trinajstić information content (AvgIpc) is 2.97. The lowest BCUT2D eigenvalue weighted by molar-refractivity contribution is -0.138. The fourth-order valence-electron chi connectivity index (χ4n) is 2.90. The van der Waals surface area contributed by atoms with E-state index in [2.05, 4.69) is 4.98 Å². The monoisotopic (exact) mass is 363 g/mol. The Morgan fingerprint density at radius 3 is 2.50 bits per heavy atom. The summed E-state index contributed by atoms with van der Waals surface area (Å²) < 4.78 is 44.1. The summed E-state index contributed by atoms with van der Waals surface area (Å²) in [6.07, 6.45) is -3.72. The molecule has 0 saturated carbocycles. The third-order valence-electron chi connectivity index (χ3n) is 4.05. The van der Waals surface area contributed by atoms with Crippen molar-refractivity contribution in [3.63, 3.8) is 0 Å². The minimum atomic E-state index is -4.48. The Morgan fingerprint density at radius 1 is 1.08 bits per heavy atom. The number of carboxylic acid groups (broad SMARTS) is 1. The smallest absolute Gasteiger partial charge is 0.419 e. The molecule has 0 fully saturated rings. The Morgan fingerprint density at radius 2 is 1.77 bits per heavy atom. The van der Waals surface area contributed by atoms with Gasteiger partial charge in [-0.2, -0.15) is 13.2 Å². The van der Waals surface area contributed by atoms with Gasteiger partial charge in [0.05, 0.1) is 12.2 Å². The Labute approximate surface area is 147 Å². The molecule has 7 heteroatoms. The molecule has 26 heavy (non-hydrogen) atoms. The van der Waals surface area contributed by atoms with Gasteiger partial charge in [-0.25, -0.2) is 4.79 Å². The summed E-state index contributed by atoms with van der Waals surface area (Å²) in [5.41, 5.74) is 0.615. The van der Waals surface area contributed by atoms with Crippen molar-refractivity contribution in [1.82, 2.24) is 4.98 Å². The van der Waals surface area contributed by atoms with Gasteiger partial charge in [-0.3, -0.25) is 0 Å². The van der Waals surface area contributed by atoms with Crippen molar-refractivity contribution in [2.24, 2.45) is 0 Å². The van der Waals surface area contributed by atoms with E-state index in [1.807, 2.05) is 6.07 Å². The normalized spacial score (nSPS) is 11.7. The Hall–Kier alpha value is -2.96. The van der Waals surface area contributed by atoms with E-state index < -0.39 is 17.7 Å². The Bertz CT molecular complexity index is 931. The molecule has 4 nitrogen and oxygen atoms in total. The first-order valence-corrected chi connectivity index (χ1v) is 8.00. The second-order valence-electron chi connectivity index (χ2n) is 5.78. The maximum absolute atomic E-state index is 12.9. The van der Waals surface area contributed by atoms with Crippen molar-refractivity contribution in [3.8, 4) is 5.75 Å². The first kappa shape index (κ1) is 17.8.